The van der Waals surface area contributed by atoms with Gasteiger partial charge in [-0.1, -0.05) is 17.7 Å². The Morgan fingerprint density at radius 1 is 1.10 bits per heavy atom. The summed E-state index contributed by atoms with van der Waals surface area (Å²) >= 11 is 0. The molecule has 0 unspecified atom stereocenters. The molecule has 7 nitrogen and oxygen atoms in total. The number of hydrogen-bond donors (Lipinski definition) is 1. The van der Waals surface area contributed by atoms with E-state index in [1.807, 2.05) is 26.0 Å². The molecule has 1 atom stereocenters. The highest BCUT2D eigenvalue weighted by Gasteiger charge is 2.27. The maximum atomic E-state index is 13.3. The number of benzene rings is 2. The minimum Gasteiger partial charge on any atom is -0.494 e. The molecular weight excluding hydrogens is 392 g/mol. The molecule has 0 saturated heterocycles. The molecule has 0 bridgehead atoms. The Labute approximate surface area is 172 Å². The predicted molar refractivity (Wildman–Crippen MR) is 113 cm³/mol. The van der Waals surface area contributed by atoms with E-state index in [1.54, 1.807) is 31.2 Å². The number of carbonyl (C=O) groups excluding carboxylic acids is 1. The van der Waals surface area contributed by atoms with Gasteiger partial charge in [0.1, 0.15) is 12.3 Å². The van der Waals surface area contributed by atoms with Crippen molar-refractivity contribution in [3.63, 3.8) is 0 Å². The molecule has 8 heteroatoms. The van der Waals surface area contributed by atoms with Crippen molar-refractivity contribution in [1.29, 1.82) is 0 Å². The first-order chi connectivity index (χ1) is 13.8. The van der Waals surface area contributed by atoms with E-state index in [4.69, 9.17) is 9.47 Å². The zero-order chi connectivity index (χ0) is 21.4. The summed E-state index contributed by atoms with van der Waals surface area (Å²) in [6, 6.07) is 12.9. The van der Waals surface area contributed by atoms with Crippen LogP contribution in [0.25, 0.3) is 0 Å². The second-order valence-corrected chi connectivity index (χ2v) is 8.54. The third-order valence-corrected chi connectivity index (χ3v) is 5.94. The van der Waals surface area contributed by atoms with Gasteiger partial charge in [-0.3, -0.25) is 9.10 Å². The lowest BCUT2D eigenvalue weighted by atomic mass is 10.2. The summed E-state index contributed by atoms with van der Waals surface area (Å²) in [5, 5.41) is 2.75. The second kappa shape index (κ2) is 10.3. The molecule has 2 aromatic carbocycles. The minimum absolute atomic E-state index is 0.0827. The molecule has 2 rings (SSSR count). The maximum Gasteiger partial charge on any atom is 0.264 e. The number of sulfonamides is 1. The second-order valence-electron chi connectivity index (χ2n) is 6.68. The summed E-state index contributed by atoms with van der Waals surface area (Å²) in [6.45, 7) is 6.04. The molecule has 1 amide bonds. The molecular formula is C21H28N2O5S. The monoisotopic (exact) mass is 420 g/mol. The van der Waals surface area contributed by atoms with Gasteiger partial charge in [0.15, 0.2) is 0 Å². The maximum absolute atomic E-state index is 13.3. The van der Waals surface area contributed by atoms with E-state index in [-0.39, 0.29) is 17.5 Å². The van der Waals surface area contributed by atoms with Gasteiger partial charge in [0.2, 0.25) is 5.91 Å². The smallest absolute Gasteiger partial charge is 0.264 e. The van der Waals surface area contributed by atoms with E-state index in [0.29, 0.717) is 24.7 Å². The Bertz CT molecular complexity index is 896. The highest BCUT2D eigenvalue weighted by Crippen LogP contribution is 2.25. The van der Waals surface area contributed by atoms with Gasteiger partial charge >= 0.3 is 0 Å². The van der Waals surface area contributed by atoms with Crippen LogP contribution in [0.3, 0.4) is 0 Å². The molecule has 0 spiro atoms. The van der Waals surface area contributed by atoms with Crippen LogP contribution in [0.15, 0.2) is 53.4 Å². The van der Waals surface area contributed by atoms with Crippen LogP contribution in [0.2, 0.25) is 0 Å². The molecule has 0 aliphatic rings. The molecule has 0 saturated carbocycles. The fourth-order valence-corrected chi connectivity index (χ4v) is 4.19. The number of nitrogens with zero attached hydrogens (tertiary/aromatic N) is 1. The summed E-state index contributed by atoms with van der Waals surface area (Å²) in [5.74, 6) is 0.170. The Morgan fingerprint density at radius 2 is 1.72 bits per heavy atom. The number of methoxy groups -OCH3 is 1. The lowest BCUT2D eigenvalue weighted by Crippen LogP contribution is -2.44. The van der Waals surface area contributed by atoms with E-state index in [9.17, 15) is 13.2 Å². The SMILES string of the molecule is CCOc1ccc(S(=O)(=O)N(CC(=O)N[C@@H](C)COC)c2ccc(C)cc2)cc1. The topological polar surface area (TPSA) is 84.9 Å². The Hall–Kier alpha value is -2.58. The van der Waals surface area contributed by atoms with E-state index in [1.165, 1.54) is 19.2 Å². The Kier molecular flexibility index (Phi) is 8.04. The third kappa shape index (κ3) is 6.20. The van der Waals surface area contributed by atoms with Crippen molar-refractivity contribution in [3.8, 4) is 5.75 Å². The summed E-state index contributed by atoms with van der Waals surface area (Å²) in [7, 11) is -2.42. The van der Waals surface area contributed by atoms with Crippen molar-refractivity contribution in [3.05, 3.63) is 54.1 Å². The molecule has 0 aromatic heterocycles. The van der Waals surface area contributed by atoms with Crippen LogP contribution in [0, 0.1) is 6.92 Å². The zero-order valence-electron chi connectivity index (χ0n) is 17.2. The predicted octanol–water partition coefficient (Wildman–Crippen LogP) is 2.74. The summed E-state index contributed by atoms with van der Waals surface area (Å²) < 4.78 is 38.1. The van der Waals surface area contributed by atoms with Crippen LogP contribution in [0.5, 0.6) is 5.75 Å². The summed E-state index contributed by atoms with van der Waals surface area (Å²) in [5.41, 5.74) is 1.41. The number of aryl methyl sites for hydroxylation is 1. The molecule has 0 radical (unpaired) electrons. The van der Waals surface area contributed by atoms with Crippen molar-refractivity contribution < 1.29 is 22.7 Å². The number of carbonyl (C=O) groups is 1. The van der Waals surface area contributed by atoms with Gasteiger partial charge in [0, 0.05) is 13.2 Å². The van der Waals surface area contributed by atoms with Gasteiger partial charge in [0.25, 0.3) is 10.0 Å². The van der Waals surface area contributed by atoms with Crippen LogP contribution in [0.1, 0.15) is 19.4 Å². The van der Waals surface area contributed by atoms with Crippen molar-refractivity contribution >= 4 is 21.6 Å². The van der Waals surface area contributed by atoms with Gasteiger partial charge in [-0.25, -0.2) is 8.42 Å². The molecule has 0 aliphatic heterocycles. The minimum atomic E-state index is -3.96. The number of rotatable bonds is 10. The highest BCUT2D eigenvalue weighted by molar-refractivity contribution is 7.92. The molecule has 0 heterocycles. The molecule has 1 N–H and O–H groups in total. The first-order valence-corrected chi connectivity index (χ1v) is 10.8. The average Bonchev–Trinajstić information content (AvgIpc) is 2.68. The van der Waals surface area contributed by atoms with Gasteiger partial charge in [-0.05, 0) is 57.2 Å². The molecule has 0 aliphatic carbocycles. The molecule has 158 valence electrons. The van der Waals surface area contributed by atoms with Gasteiger partial charge in [-0.15, -0.1) is 0 Å². The van der Waals surface area contributed by atoms with Crippen LogP contribution >= 0.6 is 0 Å². The number of anilines is 1. The van der Waals surface area contributed by atoms with Crippen LogP contribution in [-0.4, -0.2) is 47.2 Å². The van der Waals surface area contributed by atoms with Crippen LogP contribution in [0.4, 0.5) is 5.69 Å². The van der Waals surface area contributed by atoms with Crippen molar-refractivity contribution in [1.82, 2.24) is 5.32 Å². The lowest BCUT2D eigenvalue weighted by Gasteiger charge is -2.25. The average molecular weight is 421 g/mol. The normalized spacial score (nSPS) is 12.3. The van der Waals surface area contributed by atoms with E-state index >= 15 is 0 Å². The van der Waals surface area contributed by atoms with E-state index in [2.05, 4.69) is 5.32 Å². The molecule has 2 aromatic rings. The highest BCUT2D eigenvalue weighted by atomic mass is 32.2. The summed E-state index contributed by atoms with van der Waals surface area (Å²) in [6.07, 6.45) is 0. The van der Waals surface area contributed by atoms with Crippen molar-refractivity contribution in [2.45, 2.75) is 31.7 Å². The fourth-order valence-electron chi connectivity index (χ4n) is 2.77. The standard InChI is InChI=1S/C21H28N2O5S/c1-5-28-19-10-12-20(13-11-19)29(25,26)23(18-8-6-16(2)7-9-18)14-21(24)22-17(3)15-27-4/h6-13,17H,5,14-15H2,1-4H3,(H,22,24)/t17-/m0/s1. The number of hydrogen-bond acceptors (Lipinski definition) is 5. The van der Waals surface area contributed by atoms with E-state index in [0.717, 1.165) is 9.87 Å². The number of ether oxygens (including phenoxy) is 2. The largest absolute Gasteiger partial charge is 0.494 e. The summed E-state index contributed by atoms with van der Waals surface area (Å²) in [4.78, 5) is 12.6. The Morgan fingerprint density at radius 3 is 2.28 bits per heavy atom. The van der Waals surface area contributed by atoms with E-state index < -0.39 is 15.9 Å². The quantitative estimate of drug-likeness (QED) is 0.639. The zero-order valence-corrected chi connectivity index (χ0v) is 18.0. The molecule has 0 fully saturated rings. The van der Waals surface area contributed by atoms with Crippen molar-refractivity contribution in [2.75, 3.05) is 31.2 Å². The van der Waals surface area contributed by atoms with Gasteiger partial charge in [0.05, 0.1) is 23.8 Å². The molecule has 29 heavy (non-hydrogen) atoms. The Balaban J connectivity index is 2.35. The first kappa shape index (κ1) is 22.7. The number of nitrogens with one attached hydrogen (secondary N) is 1. The van der Waals surface area contributed by atoms with Crippen LogP contribution < -0.4 is 14.4 Å². The fraction of sp³-hybridized carbons (Fsp3) is 0.381. The van der Waals surface area contributed by atoms with Crippen molar-refractivity contribution in [2.24, 2.45) is 0 Å². The lowest BCUT2D eigenvalue weighted by molar-refractivity contribution is -0.120. The third-order valence-electron chi connectivity index (χ3n) is 4.16. The first-order valence-electron chi connectivity index (χ1n) is 9.38. The van der Waals surface area contributed by atoms with Gasteiger partial charge in [-0.2, -0.15) is 0 Å². The number of amides is 1. The van der Waals surface area contributed by atoms with Crippen LogP contribution in [-0.2, 0) is 19.6 Å². The van der Waals surface area contributed by atoms with Gasteiger partial charge < -0.3 is 14.8 Å².